The maximum absolute atomic E-state index is 13.1. The van der Waals surface area contributed by atoms with Crippen LogP contribution >= 0.6 is 0 Å². The Hall–Kier alpha value is -2.54. The lowest BCUT2D eigenvalue weighted by atomic mass is 9.87. The highest BCUT2D eigenvalue weighted by atomic mass is 19.4. The zero-order valence-corrected chi connectivity index (χ0v) is 17.6. The van der Waals surface area contributed by atoms with Crippen molar-refractivity contribution in [1.82, 2.24) is 4.90 Å². The first kappa shape index (κ1) is 21.7. The molecular weight excluding hydrogens is 405 g/mol. The summed E-state index contributed by atoms with van der Waals surface area (Å²) in [4.78, 5) is 17.3. The van der Waals surface area contributed by atoms with Crippen LogP contribution in [0.5, 0.6) is 5.75 Å². The van der Waals surface area contributed by atoms with Crippen molar-refractivity contribution in [2.75, 3.05) is 37.7 Å². The Bertz CT molecular complexity index is 897. The number of carbonyl (C=O) groups excluding carboxylic acids is 1. The van der Waals surface area contributed by atoms with E-state index in [0.29, 0.717) is 18.2 Å². The smallest absolute Gasteiger partial charge is 0.422 e. The van der Waals surface area contributed by atoms with Crippen LogP contribution < -0.4 is 9.64 Å². The molecule has 2 aromatic rings. The summed E-state index contributed by atoms with van der Waals surface area (Å²) < 4.78 is 41.7. The average Bonchev–Trinajstić information content (AvgIpc) is 3.16. The molecule has 2 aromatic carbocycles. The Balaban J connectivity index is 1.33. The molecule has 4 nitrogen and oxygen atoms in total. The van der Waals surface area contributed by atoms with Crippen LogP contribution in [-0.4, -0.2) is 49.8 Å². The molecule has 0 radical (unpaired) electrons. The molecule has 0 saturated carbocycles. The molecule has 0 unspecified atom stereocenters. The zero-order chi connectivity index (χ0) is 22.0. The number of hydrogen-bond acceptors (Lipinski definition) is 3. The molecule has 0 aromatic heterocycles. The molecule has 4 rings (SSSR count). The van der Waals surface area contributed by atoms with Crippen molar-refractivity contribution < 1.29 is 22.7 Å². The van der Waals surface area contributed by atoms with Gasteiger partial charge in [0.25, 0.3) is 0 Å². The number of fused-ring (bicyclic) bond motifs is 1. The number of alkyl halides is 3. The number of ether oxygens (including phenoxy) is 1. The Labute approximate surface area is 180 Å². The molecule has 0 aliphatic carbocycles. The topological polar surface area (TPSA) is 32.8 Å². The fraction of sp³-hybridized carbons (Fsp3) is 0.458. The van der Waals surface area contributed by atoms with Crippen LogP contribution in [0.1, 0.15) is 17.5 Å². The van der Waals surface area contributed by atoms with Crippen molar-refractivity contribution >= 4 is 11.6 Å². The molecule has 2 heterocycles. The molecule has 2 aliphatic heterocycles. The summed E-state index contributed by atoms with van der Waals surface area (Å²) >= 11 is 0. The highest BCUT2D eigenvalue weighted by Crippen LogP contribution is 2.35. The van der Waals surface area contributed by atoms with E-state index in [-0.39, 0.29) is 17.6 Å². The maximum Gasteiger partial charge on any atom is 0.422 e. The molecule has 2 aliphatic rings. The van der Waals surface area contributed by atoms with Crippen LogP contribution in [-0.2, 0) is 11.2 Å². The number of piperidine rings is 1. The predicted molar refractivity (Wildman–Crippen MR) is 113 cm³/mol. The number of rotatable bonds is 6. The highest BCUT2D eigenvalue weighted by Gasteiger charge is 2.43. The van der Waals surface area contributed by atoms with E-state index in [1.54, 1.807) is 17.0 Å². The lowest BCUT2D eigenvalue weighted by Crippen LogP contribution is -2.45. The minimum absolute atomic E-state index is 0.0204. The summed E-state index contributed by atoms with van der Waals surface area (Å²) in [5.74, 6) is 0.605. The number of amides is 1. The van der Waals surface area contributed by atoms with Gasteiger partial charge in [-0.2, -0.15) is 13.2 Å². The fourth-order valence-corrected chi connectivity index (χ4v) is 4.51. The number of halogens is 3. The molecule has 7 heteroatoms. The molecule has 0 spiro atoms. The molecule has 31 heavy (non-hydrogen) atoms. The van der Waals surface area contributed by atoms with Gasteiger partial charge in [0.05, 0.1) is 5.92 Å². The van der Waals surface area contributed by atoms with Crippen LogP contribution in [0.3, 0.4) is 0 Å². The second-order valence-electron chi connectivity index (χ2n) is 8.54. The number of anilines is 1. The quantitative estimate of drug-likeness (QED) is 0.676. The van der Waals surface area contributed by atoms with E-state index >= 15 is 0 Å². The van der Waals surface area contributed by atoms with Gasteiger partial charge in [-0.15, -0.1) is 0 Å². The Morgan fingerprint density at radius 1 is 1.03 bits per heavy atom. The van der Waals surface area contributed by atoms with Gasteiger partial charge in [0.2, 0.25) is 5.91 Å². The van der Waals surface area contributed by atoms with Crippen LogP contribution in [0.15, 0.2) is 48.5 Å². The Kier molecular flexibility index (Phi) is 6.23. The van der Waals surface area contributed by atoms with E-state index < -0.39 is 12.8 Å². The van der Waals surface area contributed by atoms with Crippen molar-refractivity contribution in [3.63, 3.8) is 0 Å². The average molecular weight is 432 g/mol. The number of aryl methyl sites for hydroxylation is 1. The van der Waals surface area contributed by atoms with E-state index in [4.69, 9.17) is 4.74 Å². The molecule has 166 valence electrons. The van der Waals surface area contributed by atoms with E-state index in [1.807, 2.05) is 0 Å². The van der Waals surface area contributed by atoms with Gasteiger partial charge >= 0.3 is 6.18 Å². The van der Waals surface area contributed by atoms with Gasteiger partial charge < -0.3 is 14.5 Å². The van der Waals surface area contributed by atoms with Crippen LogP contribution in [0.2, 0.25) is 0 Å². The summed E-state index contributed by atoms with van der Waals surface area (Å²) in [5, 5.41) is 0. The van der Waals surface area contributed by atoms with Gasteiger partial charge in [-0.05, 0) is 55.5 Å². The molecule has 0 bridgehead atoms. The third kappa shape index (κ3) is 5.39. The number of carbonyl (C=O) groups is 1. The number of hydrogen-bond donors (Lipinski definition) is 0. The van der Waals surface area contributed by atoms with E-state index in [2.05, 4.69) is 36.1 Å². The molecule has 0 N–H and O–H groups in total. The largest absolute Gasteiger partial charge is 0.484 e. The fourth-order valence-electron chi connectivity index (χ4n) is 4.51. The Morgan fingerprint density at radius 2 is 1.74 bits per heavy atom. The summed E-state index contributed by atoms with van der Waals surface area (Å²) in [5.41, 5.74) is 3.27. The minimum Gasteiger partial charge on any atom is -0.484 e. The molecule has 2 atom stereocenters. The first-order chi connectivity index (χ1) is 14.8. The molecule has 2 fully saturated rings. The second kappa shape index (κ2) is 8.91. The van der Waals surface area contributed by atoms with E-state index in [0.717, 1.165) is 32.5 Å². The SMILES string of the molecule is Cc1ccc(CCN2C[C@H]3CCN(c4ccc(OCC(F)(F)F)cc4)C(=O)[C@H]3C2)cc1. The highest BCUT2D eigenvalue weighted by molar-refractivity contribution is 5.96. The van der Waals surface area contributed by atoms with Crippen molar-refractivity contribution in [3.8, 4) is 5.75 Å². The minimum atomic E-state index is -4.37. The number of likely N-dealkylation sites (tertiary alicyclic amines) is 1. The second-order valence-corrected chi connectivity index (χ2v) is 8.54. The molecule has 2 saturated heterocycles. The van der Waals surface area contributed by atoms with E-state index in [1.165, 1.54) is 23.3 Å². The molecular formula is C24H27F3N2O2. The monoisotopic (exact) mass is 432 g/mol. The zero-order valence-electron chi connectivity index (χ0n) is 17.6. The summed E-state index contributed by atoms with van der Waals surface area (Å²) in [6.45, 7) is 4.04. The summed E-state index contributed by atoms with van der Waals surface area (Å²) in [6, 6.07) is 14.9. The molecule has 1 amide bonds. The lowest BCUT2D eigenvalue weighted by Gasteiger charge is -2.34. The third-order valence-electron chi connectivity index (χ3n) is 6.21. The van der Waals surface area contributed by atoms with Gasteiger partial charge in [0.1, 0.15) is 5.75 Å². The van der Waals surface area contributed by atoms with Gasteiger partial charge in [-0.25, -0.2) is 0 Å². The van der Waals surface area contributed by atoms with Crippen LogP contribution in [0.4, 0.5) is 18.9 Å². The van der Waals surface area contributed by atoms with Crippen molar-refractivity contribution in [3.05, 3.63) is 59.7 Å². The van der Waals surface area contributed by atoms with Crippen molar-refractivity contribution in [2.24, 2.45) is 11.8 Å². The first-order valence-corrected chi connectivity index (χ1v) is 10.7. The van der Waals surface area contributed by atoms with Gasteiger partial charge in [0.15, 0.2) is 6.61 Å². The van der Waals surface area contributed by atoms with Gasteiger partial charge in [-0.3, -0.25) is 4.79 Å². The van der Waals surface area contributed by atoms with Gasteiger partial charge in [0, 0.05) is 31.9 Å². The third-order valence-corrected chi connectivity index (χ3v) is 6.21. The number of benzene rings is 2. The van der Waals surface area contributed by atoms with E-state index in [9.17, 15) is 18.0 Å². The normalized spacial score (nSPS) is 21.9. The summed E-state index contributed by atoms with van der Waals surface area (Å²) in [7, 11) is 0. The lowest BCUT2D eigenvalue weighted by molar-refractivity contribution is -0.153. The van der Waals surface area contributed by atoms with Crippen LogP contribution in [0.25, 0.3) is 0 Å². The standard InChI is InChI=1S/C24H27F3N2O2/c1-17-2-4-18(5-3-17)10-12-28-14-19-11-13-29(23(30)22(19)15-28)20-6-8-21(9-7-20)31-16-24(25,26)27/h2-9,19,22H,10-16H2,1H3/t19-,22+/m1/s1. The van der Waals surface area contributed by atoms with Crippen LogP contribution in [0, 0.1) is 18.8 Å². The number of nitrogens with zero attached hydrogens (tertiary/aromatic N) is 2. The predicted octanol–water partition coefficient (Wildman–Crippen LogP) is 4.46. The maximum atomic E-state index is 13.1. The van der Waals surface area contributed by atoms with Crippen molar-refractivity contribution in [2.45, 2.75) is 25.9 Å². The first-order valence-electron chi connectivity index (χ1n) is 10.7. The van der Waals surface area contributed by atoms with Gasteiger partial charge in [-0.1, -0.05) is 29.8 Å². The Morgan fingerprint density at radius 3 is 2.42 bits per heavy atom. The summed E-state index contributed by atoms with van der Waals surface area (Å²) in [6.07, 6.45) is -2.47. The van der Waals surface area contributed by atoms with Crippen molar-refractivity contribution in [1.29, 1.82) is 0 Å².